The zero-order chi connectivity index (χ0) is 94.4. The van der Waals surface area contributed by atoms with E-state index < -0.39 is 23.1 Å². The molecule has 131 heavy (non-hydrogen) atoms. The highest BCUT2D eigenvalue weighted by molar-refractivity contribution is 6.06. The predicted octanol–water partition coefficient (Wildman–Crippen LogP) is 15.7. The third kappa shape index (κ3) is 26.0. The van der Waals surface area contributed by atoms with Gasteiger partial charge in [-0.2, -0.15) is 20.4 Å². The maximum Gasteiger partial charge on any atom is 0.320 e. The summed E-state index contributed by atoms with van der Waals surface area (Å²) in [6.07, 6.45) is 18.6. The fourth-order valence-electron chi connectivity index (χ4n) is 13.1. The summed E-state index contributed by atoms with van der Waals surface area (Å²) in [5.41, 5.74) is 8.15. The molecule has 2 saturated carbocycles. The van der Waals surface area contributed by atoms with E-state index in [0.717, 1.165) is 32.1 Å². The summed E-state index contributed by atoms with van der Waals surface area (Å²) < 4.78 is 29.1. The van der Waals surface area contributed by atoms with Gasteiger partial charge < -0.3 is 61.5 Å². The summed E-state index contributed by atoms with van der Waals surface area (Å²) in [5.74, 6) is 5.13. The molecule has 0 aliphatic heterocycles. The van der Waals surface area contributed by atoms with Crippen LogP contribution in [0.4, 0.5) is 87.9 Å². The fourth-order valence-corrected chi connectivity index (χ4v) is 13.1. The first-order valence-corrected chi connectivity index (χ1v) is 42.3. The molecule has 0 atom stereocenters. The molecule has 0 saturated heterocycles. The van der Waals surface area contributed by atoms with Crippen LogP contribution in [0.3, 0.4) is 0 Å². The van der Waals surface area contributed by atoms with Crippen LogP contribution in [-0.2, 0) is 28.2 Å². The van der Waals surface area contributed by atoms with Gasteiger partial charge in [0.05, 0.1) is 118 Å². The van der Waals surface area contributed by atoms with E-state index in [1.54, 1.807) is 153 Å². The van der Waals surface area contributed by atoms with E-state index in [0.29, 0.717) is 185 Å². The highest BCUT2D eigenvalue weighted by Crippen LogP contribution is 2.43. The number of carbonyl (C=O) groups is 8. The third-order valence-electron chi connectivity index (χ3n) is 19.7. The molecule has 40 heteroatoms. The Hall–Kier alpha value is -15.8. The lowest BCUT2D eigenvalue weighted by atomic mass is 9.93. The number of pyridine rings is 4. The molecule has 0 spiro atoms. The minimum Gasteiger partial charge on any atom is -0.494 e. The lowest BCUT2D eigenvalue weighted by molar-refractivity contribution is 0.0980. The van der Waals surface area contributed by atoms with Crippen LogP contribution in [0, 0.1) is 0 Å². The van der Waals surface area contributed by atoms with E-state index in [-0.39, 0.29) is 47.3 Å². The van der Waals surface area contributed by atoms with Gasteiger partial charge in [-0.15, -0.1) is 0 Å². The van der Waals surface area contributed by atoms with Crippen molar-refractivity contribution in [2.24, 2.45) is 28.2 Å². The Bertz CT molecular complexity index is 5930. The zero-order valence-corrected chi connectivity index (χ0v) is 76.4. The number of urea groups is 4. The monoisotopic (exact) mass is 1790 g/mol. The van der Waals surface area contributed by atoms with Crippen molar-refractivity contribution in [1.82, 2.24) is 100 Å². The number of hydrogen-bond donors (Lipinski definition) is 12. The Morgan fingerprint density at radius 3 is 0.763 bits per heavy atom. The minimum absolute atomic E-state index is 0.0722. The number of para-hydroxylation sites is 4. The second-order valence-corrected chi connectivity index (χ2v) is 32.3. The van der Waals surface area contributed by atoms with Crippen LogP contribution in [0.15, 0.2) is 147 Å². The number of benzene rings is 4. The van der Waals surface area contributed by atoms with Crippen LogP contribution < -0.4 is 82.7 Å². The molecular weight excluding hydrogens is 1680 g/mol. The molecule has 12 aromatic rings. The largest absolute Gasteiger partial charge is 0.494 e. The molecule has 14 rings (SSSR count). The van der Waals surface area contributed by atoms with Crippen molar-refractivity contribution in [2.75, 3.05) is 71.0 Å². The van der Waals surface area contributed by atoms with Gasteiger partial charge in [0.15, 0.2) is 69.4 Å². The number of aromatic nitrogens is 16. The van der Waals surface area contributed by atoms with Crippen molar-refractivity contribution < 1.29 is 57.3 Å². The first-order valence-electron chi connectivity index (χ1n) is 42.3. The molecule has 2 aliphatic carbocycles. The standard InChI is InChI=1S/C23H27N7O3.2C23H29N7O3.C22H25N7O3/c1-4-19(31)16-12-24-20(28-23(32)26-14-7-5-8-14)11-18(16)27-17-10-6-9-15(21(17)33-3)22-25-13-30(2)29-22;2*1-7-18(31)15-12-24-19(27-22(32)28-23(2,3)4)11-17(15)26-16-10-8-9-14(20(16)33-6)21-25-13-30(5)29-21;1-4-18(30)15-11-23-19(27-22(31)25-13-8-9-13)10-17(15)26-16-7-5-6-14(20(16)32-3)21-24-12-29(2)28-21/h6,9-14H,4-5,7-8H2,1-3H3,(H3,24,26,27,28,32);2*8-13H,7H2,1-6H3,(H3,24,26,27,28,32);5-7,10-13H,4,8-9H2,1-3H3,(H3,23,25,26,27,31). The number of rotatable bonds is 30. The van der Waals surface area contributed by atoms with Crippen LogP contribution in [0.2, 0.25) is 0 Å². The molecule has 2 aliphatic rings. The number of Topliss-reactive ketones (excluding diaryl/α,β-unsaturated/α-hetero) is 4. The number of ketones is 4. The minimum atomic E-state index is -0.406. The molecule has 0 radical (unpaired) electrons. The predicted molar refractivity (Wildman–Crippen MR) is 499 cm³/mol. The molecule has 12 N–H and O–H groups in total. The van der Waals surface area contributed by atoms with E-state index >= 15 is 0 Å². The topological polar surface area (TPSA) is 492 Å². The number of nitrogens with zero attached hydrogens (tertiary/aromatic N) is 16. The highest BCUT2D eigenvalue weighted by atomic mass is 16.5. The van der Waals surface area contributed by atoms with Crippen molar-refractivity contribution in [3.8, 4) is 68.5 Å². The lowest BCUT2D eigenvalue weighted by Crippen LogP contribution is -2.43. The van der Waals surface area contributed by atoms with Gasteiger partial charge in [-0.1, -0.05) is 52.0 Å². The molecule has 686 valence electrons. The Morgan fingerprint density at radius 2 is 0.573 bits per heavy atom. The maximum absolute atomic E-state index is 12.6. The Labute approximate surface area is 757 Å². The van der Waals surface area contributed by atoms with Gasteiger partial charge in [-0.05, 0) is 122 Å². The van der Waals surface area contributed by atoms with Gasteiger partial charge in [0.1, 0.15) is 48.6 Å². The van der Waals surface area contributed by atoms with Gasteiger partial charge >= 0.3 is 24.1 Å². The maximum atomic E-state index is 12.6. The van der Waals surface area contributed by atoms with Crippen LogP contribution in [-0.4, -0.2) is 178 Å². The quantitative estimate of drug-likeness (QED) is 0.0186. The van der Waals surface area contributed by atoms with E-state index in [4.69, 9.17) is 18.9 Å². The summed E-state index contributed by atoms with van der Waals surface area (Å²) in [6, 6.07) is 27.7. The first-order chi connectivity index (χ1) is 62.7. The summed E-state index contributed by atoms with van der Waals surface area (Å²) in [5, 5.41) is 52.8. The molecule has 4 aromatic carbocycles. The number of ether oxygens (including phenoxy) is 4. The van der Waals surface area contributed by atoms with Crippen LogP contribution in [0.1, 0.15) is 168 Å². The summed E-state index contributed by atoms with van der Waals surface area (Å²) >= 11 is 0. The number of aryl methyl sites for hydroxylation is 4. The van der Waals surface area contributed by atoms with E-state index in [1.807, 2.05) is 114 Å². The number of hydrogen-bond acceptors (Lipinski definition) is 28. The third-order valence-corrected chi connectivity index (χ3v) is 19.7. The smallest absolute Gasteiger partial charge is 0.320 e. The van der Waals surface area contributed by atoms with E-state index in [2.05, 4.69) is 124 Å². The van der Waals surface area contributed by atoms with Crippen LogP contribution in [0.25, 0.3) is 45.6 Å². The van der Waals surface area contributed by atoms with Crippen molar-refractivity contribution >= 4 is 116 Å². The fraction of sp³-hybridized carbons (Fsp3) is 0.341. The summed E-state index contributed by atoms with van der Waals surface area (Å²) in [4.78, 5) is 133. The molecule has 8 amide bonds. The van der Waals surface area contributed by atoms with Gasteiger partial charge in [-0.3, -0.25) is 59.2 Å². The van der Waals surface area contributed by atoms with Crippen molar-refractivity contribution in [3.05, 3.63) is 169 Å². The zero-order valence-electron chi connectivity index (χ0n) is 76.4. The molecular formula is C91H110N28O12. The second kappa shape index (κ2) is 43.6. The molecule has 40 nitrogen and oxygen atoms in total. The second-order valence-electron chi connectivity index (χ2n) is 32.3. The van der Waals surface area contributed by atoms with Crippen LogP contribution in [0.5, 0.6) is 23.0 Å². The Balaban J connectivity index is 0.000000169. The number of nitrogens with one attached hydrogen (secondary N) is 12. The van der Waals surface area contributed by atoms with Gasteiger partial charge in [0.2, 0.25) is 0 Å². The first kappa shape index (κ1) is 95.8. The summed E-state index contributed by atoms with van der Waals surface area (Å²) in [7, 11) is 13.4. The molecule has 8 aromatic heterocycles. The molecule has 0 unspecified atom stereocenters. The lowest BCUT2D eigenvalue weighted by Gasteiger charge is -2.26. The summed E-state index contributed by atoms with van der Waals surface area (Å²) in [6.45, 7) is 18.4. The van der Waals surface area contributed by atoms with E-state index in [9.17, 15) is 38.4 Å². The molecule has 2 fully saturated rings. The molecule has 8 heterocycles. The number of carbonyl (C=O) groups excluding carboxylic acids is 8. The average Bonchev–Trinajstić information content (AvgIpc) is 1.81. The van der Waals surface area contributed by atoms with Gasteiger partial charge in [0.25, 0.3) is 0 Å². The van der Waals surface area contributed by atoms with Crippen molar-refractivity contribution in [2.45, 2.75) is 150 Å². The molecule has 0 bridgehead atoms. The normalized spacial score (nSPS) is 12.0. The number of anilines is 12. The number of methoxy groups -OCH3 is 4. The Kier molecular flexibility index (Phi) is 31.9. The SMILES string of the molecule is CCC(=O)c1cnc(NC(=O)NC(C)(C)C)cc1Nc1cccc(-c2ncn(C)n2)c1OC.CCC(=O)c1cnc(NC(=O)NC(C)(C)C)cc1Nc1cccc(-c2ncn(C)n2)c1OC.CCC(=O)c1cnc(NC(=O)NC2CC2)cc1Nc1cccc(-c2ncn(C)n2)c1OC.CCC(=O)c1cnc(NC(=O)NC2CCC2)cc1Nc1cccc(-c2ncn(C)n2)c1OC. The highest BCUT2D eigenvalue weighted by Gasteiger charge is 2.28. The van der Waals surface area contributed by atoms with Gasteiger partial charge in [-0.25, -0.2) is 59.0 Å². The Morgan fingerprint density at radius 1 is 0.336 bits per heavy atom. The van der Waals surface area contributed by atoms with Crippen molar-refractivity contribution in [3.63, 3.8) is 0 Å². The van der Waals surface area contributed by atoms with Gasteiger partial charge in [0, 0.05) is 126 Å². The van der Waals surface area contributed by atoms with E-state index in [1.165, 1.54) is 24.8 Å². The average molecular weight is 1790 g/mol. The van der Waals surface area contributed by atoms with Crippen molar-refractivity contribution in [1.29, 1.82) is 0 Å². The number of amides is 8. The van der Waals surface area contributed by atoms with Crippen LogP contribution >= 0.6 is 0 Å².